The SMILES string of the molecule is COC1(C)CCN(C(=O)c2cnn(-c3nc4c(c(=O)[nH]3)CCC4)c2C)CC1. The number of fused-ring (bicyclic) bond motifs is 1. The second-order valence-corrected chi connectivity index (χ2v) is 7.67. The van der Waals surface area contributed by atoms with Gasteiger partial charge in [-0.05, 0) is 46.0 Å². The van der Waals surface area contributed by atoms with Crippen LogP contribution in [0.3, 0.4) is 0 Å². The molecule has 1 aliphatic heterocycles. The summed E-state index contributed by atoms with van der Waals surface area (Å²) in [6, 6.07) is 0. The normalized spacial score (nSPS) is 18.6. The van der Waals surface area contributed by atoms with Gasteiger partial charge in [0.05, 0.1) is 28.7 Å². The highest BCUT2D eigenvalue weighted by Crippen LogP contribution is 2.26. The number of H-pyrrole nitrogens is 1. The second-order valence-electron chi connectivity index (χ2n) is 7.67. The molecule has 0 atom stereocenters. The number of aryl methyl sites for hydroxylation is 1. The van der Waals surface area contributed by atoms with Gasteiger partial charge < -0.3 is 9.64 Å². The number of rotatable bonds is 3. The average molecular weight is 371 g/mol. The zero-order valence-corrected chi connectivity index (χ0v) is 16.0. The van der Waals surface area contributed by atoms with Crippen LogP contribution >= 0.6 is 0 Å². The van der Waals surface area contributed by atoms with Crippen LogP contribution in [-0.2, 0) is 17.6 Å². The first-order valence-electron chi connectivity index (χ1n) is 9.43. The maximum atomic E-state index is 13.0. The van der Waals surface area contributed by atoms with Gasteiger partial charge in [-0.1, -0.05) is 0 Å². The Morgan fingerprint density at radius 1 is 1.30 bits per heavy atom. The number of piperidine rings is 1. The van der Waals surface area contributed by atoms with Gasteiger partial charge in [0.2, 0.25) is 5.95 Å². The monoisotopic (exact) mass is 371 g/mol. The third-order valence-corrected chi connectivity index (χ3v) is 5.97. The predicted molar refractivity (Wildman–Crippen MR) is 99.3 cm³/mol. The number of methoxy groups -OCH3 is 1. The minimum Gasteiger partial charge on any atom is -0.378 e. The summed E-state index contributed by atoms with van der Waals surface area (Å²) < 4.78 is 7.10. The van der Waals surface area contributed by atoms with Gasteiger partial charge in [-0.3, -0.25) is 14.6 Å². The highest BCUT2D eigenvalue weighted by atomic mass is 16.5. The molecule has 1 N–H and O–H groups in total. The molecule has 0 saturated carbocycles. The Kier molecular flexibility index (Phi) is 4.38. The van der Waals surface area contributed by atoms with E-state index in [1.807, 2.05) is 11.8 Å². The van der Waals surface area contributed by atoms with Crippen LogP contribution in [0.1, 0.15) is 53.5 Å². The van der Waals surface area contributed by atoms with Gasteiger partial charge in [0.15, 0.2) is 0 Å². The summed E-state index contributed by atoms with van der Waals surface area (Å²) in [7, 11) is 1.72. The van der Waals surface area contributed by atoms with Crippen molar-refractivity contribution in [2.75, 3.05) is 20.2 Å². The summed E-state index contributed by atoms with van der Waals surface area (Å²) in [6.45, 7) is 5.22. The lowest BCUT2D eigenvalue weighted by molar-refractivity contribution is -0.0379. The molecule has 8 nitrogen and oxygen atoms in total. The van der Waals surface area contributed by atoms with E-state index < -0.39 is 0 Å². The summed E-state index contributed by atoms with van der Waals surface area (Å²) in [5.41, 5.74) is 2.57. The van der Waals surface area contributed by atoms with Crippen molar-refractivity contribution >= 4 is 5.91 Å². The number of amides is 1. The van der Waals surface area contributed by atoms with Gasteiger partial charge in [-0.25, -0.2) is 9.67 Å². The minimum atomic E-state index is -0.163. The first-order valence-corrected chi connectivity index (χ1v) is 9.43. The molecular formula is C19H25N5O3. The molecule has 2 aromatic heterocycles. The molecule has 1 saturated heterocycles. The van der Waals surface area contributed by atoms with Gasteiger partial charge in [0.25, 0.3) is 11.5 Å². The molecular weight excluding hydrogens is 346 g/mol. The van der Waals surface area contributed by atoms with Crippen LogP contribution in [0.25, 0.3) is 5.95 Å². The molecule has 4 rings (SSSR count). The van der Waals surface area contributed by atoms with Crippen molar-refractivity contribution in [2.45, 2.75) is 51.6 Å². The molecule has 8 heteroatoms. The number of nitrogens with zero attached hydrogens (tertiary/aromatic N) is 4. The summed E-state index contributed by atoms with van der Waals surface area (Å²) >= 11 is 0. The maximum absolute atomic E-state index is 13.0. The molecule has 2 aromatic rings. The molecule has 1 aliphatic carbocycles. The summed E-state index contributed by atoms with van der Waals surface area (Å²) in [4.78, 5) is 34.4. The van der Waals surface area contributed by atoms with Crippen LogP contribution in [-0.4, -0.2) is 56.4 Å². The van der Waals surface area contributed by atoms with Crippen molar-refractivity contribution < 1.29 is 9.53 Å². The molecule has 1 amide bonds. The predicted octanol–water partition coefficient (Wildman–Crippen LogP) is 1.39. The van der Waals surface area contributed by atoms with Gasteiger partial charge in [0.1, 0.15) is 0 Å². The number of hydrogen-bond acceptors (Lipinski definition) is 5. The minimum absolute atomic E-state index is 0.0413. The molecule has 2 aliphatic rings. The van der Waals surface area contributed by atoms with E-state index >= 15 is 0 Å². The number of aromatic nitrogens is 4. The fraction of sp³-hybridized carbons (Fsp3) is 0.579. The maximum Gasteiger partial charge on any atom is 0.257 e. The number of aromatic amines is 1. The van der Waals surface area contributed by atoms with Crippen molar-refractivity contribution in [2.24, 2.45) is 0 Å². The van der Waals surface area contributed by atoms with Gasteiger partial charge in [0, 0.05) is 25.8 Å². The molecule has 27 heavy (non-hydrogen) atoms. The van der Waals surface area contributed by atoms with Crippen LogP contribution in [0, 0.1) is 6.92 Å². The van der Waals surface area contributed by atoms with E-state index in [-0.39, 0.29) is 17.1 Å². The van der Waals surface area contributed by atoms with Gasteiger partial charge in [-0.15, -0.1) is 0 Å². The van der Waals surface area contributed by atoms with E-state index in [0.29, 0.717) is 30.3 Å². The van der Waals surface area contributed by atoms with E-state index in [2.05, 4.69) is 22.0 Å². The summed E-state index contributed by atoms with van der Waals surface area (Å²) in [6.07, 6.45) is 5.71. The van der Waals surface area contributed by atoms with Crippen LogP contribution in [0.5, 0.6) is 0 Å². The Morgan fingerprint density at radius 3 is 2.74 bits per heavy atom. The number of nitrogens with one attached hydrogen (secondary N) is 1. The largest absolute Gasteiger partial charge is 0.378 e. The molecule has 0 radical (unpaired) electrons. The Morgan fingerprint density at radius 2 is 2.04 bits per heavy atom. The summed E-state index contributed by atoms with van der Waals surface area (Å²) in [5.74, 6) is 0.336. The topological polar surface area (TPSA) is 93.1 Å². The Labute approximate surface area is 157 Å². The van der Waals surface area contributed by atoms with Crippen molar-refractivity contribution in [1.29, 1.82) is 0 Å². The molecule has 1 fully saturated rings. The first-order chi connectivity index (χ1) is 12.9. The van der Waals surface area contributed by atoms with Crippen LogP contribution < -0.4 is 5.56 Å². The Balaban J connectivity index is 1.59. The lowest BCUT2D eigenvalue weighted by Crippen LogP contribution is -2.46. The lowest BCUT2D eigenvalue weighted by Gasteiger charge is -2.38. The third-order valence-electron chi connectivity index (χ3n) is 5.97. The summed E-state index contributed by atoms with van der Waals surface area (Å²) in [5, 5.41) is 4.33. The molecule has 0 bridgehead atoms. The average Bonchev–Trinajstić information content (AvgIpc) is 3.28. The zero-order valence-electron chi connectivity index (χ0n) is 16.0. The quantitative estimate of drug-likeness (QED) is 0.880. The number of ether oxygens (including phenoxy) is 1. The first kappa shape index (κ1) is 17.9. The number of hydrogen-bond donors (Lipinski definition) is 1. The molecule has 3 heterocycles. The fourth-order valence-corrected chi connectivity index (χ4v) is 3.92. The Hall–Kier alpha value is -2.48. The standard InChI is InChI=1S/C19H25N5O3/c1-12-14(17(26)23-9-7-19(2,27-3)8-10-23)11-20-24(12)18-21-15-6-4-5-13(15)16(25)22-18/h11H,4-10H2,1-3H3,(H,21,22,25). The number of carbonyl (C=O) groups excluding carboxylic acids is 1. The van der Waals surface area contributed by atoms with Crippen LogP contribution in [0.2, 0.25) is 0 Å². The number of carbonyl (C=O) groups is 1. The molecule has 0 unspecified atom stereocenters. The third kappa shape index (κ3) is 3.07. The van der Waals surface area contributed by atoms with Gasteiger partial charge >= 0.3 is 0 Å². The lowest BCUT2D eigenvalue weighted by atomic mass is 9.93. The second kappa shape index (κ2) is 6.60. The zero-order chi connectivity index (χ0) is 19.2. The van der Waals surface area contributed by atoms with Crippen molar-refractivity contribution in [1.82, 2.24) is 24.6 Å². The van der Waals surface area contributed by atoms with Crippen molar-refractivity contribution in [3.8, 4) is 5.95 Å². The molecule has 0 spiro atoms. The van der Waals surface area contributed by atoms with E-state index in [0.717, 1.165) is 43.4 Å². The van der Waals surface area contributed by atoms with Crippen LogP contribution in [0.4, 0.5) is 0 Å². The van der Waals surface area contributed by atoms with Gasteiger partial charge in [-0.2, -0.15) is 5.10 Å². The van der Waals surface area contributed by atoms with E-state index in [9.17, 15) is 9.59 Å². The number of likely N-dealkylation sites (tertiary alicyclic amines) is 1. The van der Waals surface area contributed by atoms with E-state index in [1.54, 1.807) is 18.0 Å². The van der Waals surface area contributed by atoms with E-state index in [1.165, 1.54) is 0 Å². The van der Waals surface area contributed by atoms with Crippen molar-refractivity contribution in [3.63, 3.8) is 0 Å². The van der Waals surface area contributed by atoms with Crippen molar-refractivity contribution in [3.05, 3.63) is 39.1 Å². The molecule has 0 aromatic carbocycles. The van der Waals surface area contributed by atoms with Crippen LogP contribution in [0.15, 0.2) is 11.0 Å². The highest BCUT2D eigenvalue weighted by molar-refractivity contribution is 5.95. The highest BCUT2D eigenvalue weighted by Gasteiger charge is 2.33. The fourth-order valence-electron chi connectivity index (χ4n) is 3.92. The smallest absolute Gasteiger partial charge is 0.257 e. The molecule has 144 valence electrons. The Bertz CT molecular complexity index is 937. The van der Waals surface area contributed by atoms with E-state index in [4.69, 9.17) is 4.74 Å².